The smallest absolute Gasteiger partial charge is 0.481 e. The van der Waals surface area contributed by atoms with E-state index in [-0.39, 0.29) is 36.2 Å². The Bertz CT molecular complexity index is 2010. The molecular weight excluding hydrogens is 690 g/mol. The molecule has 1 aromatic heterocycles. The number of amides is 2. The highest BCUT2D eigenvalue weighted by molar-refractivity contribution is 5.94. The number of hydrogen-bond acceptors (Lipinski definition) is 8. The first-order valence-corrected chi connectivity index (χ1v) is 16.0. The second kappa shape index (κ2) is 16.0. The molecule has 12 nitrogen and oxygen atoms in total. The average molecular weight is 728 g/mol. The number of hydrogen-bond donors (Lipinski definition) is 5. The number of nitrogens with two attached hydrogens (primary N) is 1. The number of ether oxygens (including phenoxy) is 1. The number of benzene rings is 3. The summed E-state index contributed by atoms with van der Waals surface area (Å²) in [4.78, 5) is 53.4. The molecule has 0 aliphatic carbocycles. The van der Waals surface area contributed by atoms with Crippen molar-refractivity contribution < 1.29 is 51.7 Å². The molecule has 6 N–H and O–H groups in total. The van der Waals surface area contributed by atoms with Crippen molar-refractivity contribution in [1.82, 2.24) is 9.88 Å². The molecular formula is C36H37F4N5O7. The van der Waals surface area contributed by atoms with E-state index in [0.29, 0.717) is 39.9 Å². The Labute approximate surface area is 295 Å². The number of aliphatic carboxylic acids is 2. The van der Waals surface area contributed by atoms with Crippen molar-refractivity contribution >= 4 is 51.9 Å². The maximum Gasteiger partial charge on any atom is 0.490 e. The number of carboxylic acid groups (broad SMARTS) is 2. The molecule has 0 spiro atoms. The van der Waals surface area contributed by atoms with Crippen LogP contribution in [0.3, 0.4) is 0 Å². The summed E-state index contributed by atoms with van der Waals surface area (Å²) in [7, 11) is 1.63. The molecule has 3 aromatic carbocycles. The number of alkyl halides is 3. The van der Waals surface area contributed by atoms with Crippen LogP contribution in [0.1, 0.15) is 66.0 Å². The third-order valence-electron chi connectivity index (χ3n) is 8.55. The Morgan fingerprint density at radius 1 is 1.10 bits per heavy atom. The summed E-state index contributed by atoms with van der Waals surface area (Å²) in [5.74, 6) is -5.33. The molecule has 0 saturated carbocycles. The molecule has 3 atom stereocenters. The van der Waals surface area contributed by atoms with Gasteiger partial charge in [-0.25, -0.2) is 19.0 Å². The first-order chi connectivity index (χ1) is 24.4. The van der Waals surface area contributed by atoms with E-state index in [1.54, 1.807) is 50.4 Å². The van der Waals surface area contributed by atoms with Gasteiger partial charge >= 0.3 is 24.2 Å². The molecule has 4 aromatic rings. The van der Waals surface area contributed by atoms with Gasteiger partial charge in [0.05, 0.1) is 18.7 Å². The van der Waals surface area contributed by atoms with Crippen molar-refractivity contribution in [2.45, 2.75) is 57.8 Å². The van der Waals surface area contributed by atoms with Gasteiger partial charge in [0.15, 0.2) is 0 Å². The molecule has 2 aliphatic rings. The van der Waals surface area contributed by atoms with Crippen molar-refractivity contribution in [3.8, 4) is 0 Å². The molecule has 2 amide bonds. The van der Waals surface area contributed by atoms with Gasteiger partial charge in [0, 0.05) is 41.7 Å². The fourth-order valence-electron chi connectivity index (χ4n) is 5.89. The van der Waals surface area contributed by atoms with Gasteiger partial charge in [0.2, 0.25) is 5.91 Å². The van der Waals surface area contributed by atoms with Gasteiger partial charge in [-0.3, -0.25) is 14.9 Å². The number of carbonyl (C=O) groups is 4. The number of aryl methyl sites for hydroxylation is 1. The normalized spacial score (nSPS) is 17.0. The van der Waals surface area contributed by atoms with Gasteiger partial charge in [-0.15, -0.1) is 0 Å². The number of carbonyl (C=O) groups excluding carboxylic acids is 2. The number of likely N-dealkylation sites (N-methyl/N-ethyl adjacent to an activating group) is 1. The summed E-state index contributed by atoms with van der Waals surface area (Å²) in [6.45, 7) is 5.84. The zero-order valence-electron chi connectivity index (χ0n) is 28.5. The molecule has 276 valence electrons. The summed E-state index contributed by atoms with van der Waals surface area (Å²) < 4.78 is 52.0. The monoisotopic (exact) mass is 727 g/mol. The van der Waals surface area contributed by atoms with Crippen LogP contribution in [0.4, 0.5) is 39.5 Å². The fraction of sp³-hybridized carbons (Fsp3) is 0.306. The molecule has 2 aliphatic heterocycles. The number of rotatable bonds is 5. The lowest BCUT2D eigenvalue weighted by Gasteiger charge is -2.28. The molecule has 52 heavy (non-hydrogen) atoms. The first-order valence-electron chi connectivity index (χ1n) is 16.0. The predicted molar refractivity (Wildman–Crippen MR) is 184 cm³/mol. The summed E-state index contributed by atoms with van der Waals surface area (Å²) >= 11 is 0. The summed E-state index contributed by atoms with van der Waals surface area (Å²) in [6, 6.07) is 14.7. The lowest BCUT2D eigenvalue weighted by atomic mass is 9.91. The van der Waals surface area contributed by atoms with Gasteiger partial charge in [-0.2, -0.15) is 13.2 Å². The molecule has 0 saturated heterocycles. The number of carboxylic acids is 2. The fourth-order valence-corrected chi connectivity index (χ4v) is 5.89. The van der Waals surface area contributed by atoms with Crippen LogP contribution in [0.25, 0.3) is 10.8 Å². The van der Waals surface area contributed by atoms with Crippen molar-refractivity contribution in [3.63, 3.8) is 0 Å². The topological polar surface area (TPSA) is 184 Å². The number of nitrogen functional groups attached to an aromatic ring is 1. The number of anilines is 3. The first kappa shape index (κ1) is 38.9. The van der Waals surface area contributed by atoms with Crippen LogP contribution in [0, 0.1) is 12.7 Å². The molecule has 0 radical (unpaired) electrons. The number of fused-ring (bicyclic) bond motifs is 10. The number of aromatic nitrogens is 1. The van der Waals surface area contributed by atoms with Gasteiger partial charge in [-0.05, 0) is 71.5 Å². The third-order valence-corrected chi connectivity index (χ3v) is 8.55. The van der Waals surface area contributed by atoms with Crippen LogP contribution in [-0.2, 0) is 25.7 Å². The number of nitrogens with one attached hydrogen (secondary N) is 2. The highest BCUT2D eigenvalue weighted by atomic mass is 19.4. The van der Waals surface area contributed by atoms with Gasteiger partial charge in [0.1, 0.15) is 17.7 Å². The minimum absolute atomic E-state index is 0.0589. The molecule has 16 heteroatoms. The molecule has 3 heterocycles. The van der Waals surface area contributed by atoms with Crippen LogP contribution < -0.4 is 16.4 Å². The largest absolute Gasteiger partial charge is 0.490 e. The van der Waals surface area contributed by atoms with Gasteiger partial charge in [-0.1, -0.05) is 38.1 Å². The lowest BCUT2D eigenvalue weighted by Crippen LogP contribution is -2.35. The lowest BCUT2D eigenvalue weighted by molar-refractivity contribution is -0.192. The summed E-state index contributed by atoms with van der Waals surface area (Å²) in [6.07, 6.45) is -4.32. The van der Waals surface area contributed by atoms with E-state index >= 15 is 0 Å². The van der Waals surface area contributed by atoms with Crippen molar-refractivity contribution in [1.29, 1.82) is 0 Å². The van der Waals surface area contributed by atoms with E-state index < -0.39 is 42.0 Å². The Morgan fingerprint density at radius 3 is 2.40 bits per heavy atom. The minimum atomic E-state index is -5.08. The van der Waals surface area contributed by atoms with E-state index in [4.69, 9.17) is 20.4 Å². The Balaban J connectivity index is 0.000000785. The minimum Gasteiger partial charge on any atom is -0.481 e. The second-order valence-corrected chi connectivity index (χ2v) is 12.3. The summed E-state index contributed by atoms with van der Waals surface area (Å²) in [5.41, 5.74) is 10.5. The number of nitrogens with zero attached hydrogens (tertiary/aromatic N) is 2. The Morgan fingerprint density at radius 2 is 1.79 bits per heavy atom. The van der Waals surface area contributed by atoms with E-state index in [1.807, 2.05) is 32.0 Å². The van der Waals surface area contributed by atoms with Gasteiger partial charge < -0.3 is 30.9 Å². The maximum atomic E-state index is 14.7. The number of halogens is 4. The van der Waals surface area contributed by atoms with Crippen molar-refractivity contribution in [3.05, 3.63) is 94.4 Å². The van der Waals surface area contributed by atoms with E-state index in [1.165, 1.54) is 4.90 Å². The van der Waals surface area contributed by atoms with Crippen LogP contribution in [0.2, 0.25) is 0 Å². The standard InChI is InChI=1S/C34H36FN5O5.C2HF3O2/c1-5-24(33(42)43)26-10-7-22-13-21(26)16-40(4)32(41)30(38-23-8-11-27-28(14-23)29(35)15-37-31(27)36)20-6-9-25(18(2)12-20)19(3)17-45-34(44)39-22;3-2(4,5)1(6)7/h6-15,19,24,30,38H,5,16-17H2,1-4H3,(H2,36,37)(H,39,44)(H,42,43);(H,6,7)/t19-,24+,30+;/m0./s1. The Hall–Kier alpha value is -5.93. The molecule has 0 fully saturated rings. The molecule has 0 unspecified atom stereocenters. The van der Waals surface area contributed by atoms with Crippen LogP contribution in [0.15, 0.2) is 60.8 Å². The van der Waals surface area contributed by atoms with E-state index in [0.717, 1.165) is 17.3 Å². The third kappa shape index (κ3) is 9.04. The van der Waals surface area contributed by atoms with E-state index in [9.17, 15) is 37.1 Å². The molecule has 4 bridgehead atoms. The van der Waals surface area contributed by atoms with E-state index in [2.05, 4.69) is 15.6 Å². The summed E-state index contributed by atoms with van der Waals surface area (Å²) in [5, 5.41) is 23.8. The van der Waals surface area contributed by atoms with Crippen LogP contribution in [-0.4, -0.2) is 63.9 Å². The average Bonchev–Trinajstić information content (AvgIpc) is 3.08. The maximum absolute atomic E-state index is 14.7. The highest BCUT2D eigenvalue weighted by Crippen LogP contribution is 2.32. The Kier molecular flexibility index (Phi) is 11.9. The zero-order valence-corrected chi connectivity index (χ0v) is 28.5. The SMILES string of the molecule is CC[C@@H](C(=O)O)c1ccc2cc1CN(C)C(=O)[C@H](Nc1ccc3c(N)ncc(F)c3c1)c1ccc(c(C)c1)[C@@H](C)COC(=O)N2.O=C(O)C(F)(F)F. The van der Waals surface area contributed by atoms with Crippen molar-refractivity contribution in [2.24, 2.45) is 0 Å². The molecule has 6 rings (SSSR count). The van der Waals surface area contributed by atoms with Crippen LogP contribution in [0.5, 0.6) is 0 Å². The quantitative estimate of drug-likeness (QED) is 0.135. The highest BCUT2D eigenvalue weighted by Gasteiger charge is 2.38. The van der Waals surface area contributed by atoms with Crippen LogP contribution >= 0.6 is 0 Å². The van der Waals surface area contributed by atoms with Gasteiger partial charge in [0.25, 0.3) is 0 Å². The second-order valence-electron chi connectivity index (χ2n) is 12.3. The number of pyridine rings is 1. The predicted octanol–water partition coefficient (Wildman–Crippen LogP) is 6.95. The zero-order chi connectivity index (χ0) is 38.5. The van der Waals surface area contributed by atoms with Crippen molar-refractivity contribution in [2.75, 3.05) is 30.0 Å².